The number of nitro benzene ring substituents is 1. The minimum Gasteiger partial charge on any atom is -0.397 e. The first-order chi connectivity index (χ1) is 8.58. The molecular formula is C12H18N4O2. The number of nitrogens with one attached hydrogen (secondary N) is 1. The average Bonchev–Trinajstić information content (AvgIpc) is 2.73. The van der Waals surface area contributed by atoms with Gasteiger partial charge in [0.25, 0.3) is 5.69 Å². The van der Waals surface area contributed by atoms with Crippen LogP contribution in [0.5, 0.6) is 0 Å². The summed E-state index contributed by atoms with van der Waals surface area (Å²) in [4.78, 5) is 12.5. The molecule has 1 aliphatic heterocycles. The second-order valence-electron chi connectivity index (χ2n) is 4.69. The average molecular weight is 250 g/mol. The van der Waals surface area contributed by atoms with Crippen molar-refractivity contribution >= 4 is 17.1 Å². The lowest BCUT2D eigenvalue weighted by Gasteiger charge is -2.20. The molecule has 1 unspecified atom stereocenters. The second-order valence-corrected chi connectivity index (χ2v) is 4.69. The molecule has 1 aromatic rings. The van der Waals surface area contributed by atoms with Crippen LogP contribution in [0.1, 0.15) is 12.8 Å². The van der Waals surface area contributed by atoms with Crippen LogP contribution in [0.15, 0.2) is 18.2 Å². The molecule has 0 amide bonds. The van der Waals surface area contributed by atoms with Gasteiger partial charge in [-0.3, -0.25) is 10.1 Å². The Bertz CT molecular complexity index is 450. The highest BCUT2D eigenvalue weighted by molar-refractivity contribution is 5.69. The molecule has 6 heteroatoms. The Balaban J connectivity index is 1.99. The fourth-order valence-electron chi connectivity index (χ4n) is 2.29. The first-order valence-corrected chi connectivity index (χ1v) is 6.06. The maximum Gasteiger partial charge on any atom is 0.271 e. The standard InChI is InChI=1S/C12H18N4O2/c1-15-6-2-3-10(15)8-14-12-5-4-9(16(17)18)7-11(12)13/h4-5,7,10,14H,2-3,6,8,13H2,1H3. The van der Waals surface area contributed by atoms with Crippen LogP contribution in [-0.4, -0.2) is 36.0 Å². The number of hydrogen-bond acceptors (Lipinski definition) is 5. The van der Waals surface area contributed by atoms with E-state index in [0.29, 0.717) is 11.7 Å². The van der Waals surface area contributed by atoms with Gasteiger partial charge in [0, 0.05) is 24.7 Å². The molecule has 1 aliphatic rings. The highest BCUT2D eigenvalue weighted by Crippen LogP contribution is 2.25. The normalized spacial score (nSPS) is 19.9. The molecule has 0 aromatic heterocycles. The lowest BCUT2D eigenvalue weighted by atomic mass is 10.2. The number of anilines is 2. The van der Waals surface area contributed by atoms with Crippen molar-refractivity contribution in [3.63, 3.8) is 0 Å². The minimum atomic E-state index is -0.440. The third-order valence-electron chi connectivity index (χ3n) is 3.45. The van der Waals surface area contributed by atoms with Crippen molar-refractivity contribution in [3.05, 3.63) is 28.3 Å². The Morgan fingerprint density at radius 2 is 2.39 bits per heavy atom. The van der Waals surface area contributed by atoms with Gasteiger partial charge >= 0.3 is 0 Å². The zero-order chi connectivity index (χ0) is 13.1. The van der Waals surface area contributed by atoms with Crippen LogP contribution in [0.25, 0.3) is 0 Å². The summed E-state index contributed by atoms with van der Waals surface area (Å²) in [6, 6.07) is 5.04. The third kappa shape index (κ3) is 2.70. The number of benzene rings is 1. The predicted molar refractivity (Wildman–Crippen MR) is 71.7 cm³/mol. The van der Waals surface area contributed by atoms with Gasteiger partial charge in [0.15, 0.2) is 0 Å². The summed E-state index contributed by atoms with van der Waals surface area (Å²) in [6.07, 6.45) is 2.40. The summed E-state index contributed by atoms with van der Waals surface area (Å²) in [5.41, 5.74) is 7.01. The number of rotatable bonds is 4. The van der Waals surface area contributed by atoms with E-state index in [0.717, 1.165) is 18.8 Å². The molecule has 6 nitrogen and oxygen atoms in total. The van der Waals surface area contributed by atoms with Crippen molar-refractivity contribution in [2.75, 3.05) is 31.2 Å². The molecule has 0 spiro atoms. The Morgan fingerprint density at radius 1 is 1.61 bits per heavy atom. The van der Waals surface area contributed by atoms with Crippen LogP contribution in [0.3, 0.4) is 0 Å². The Labute approximate surface area is 106 Å². The van der Waals surface area contributed by atoms with Crippen LogP contribution in [-0.2, 0) is 0 Å². The lowest BCUT2D eigenvalue weighted by molar-refractivity contribution is -0.384. The van der Waals surface area contributed by atoms with E-state index in [1.165, 1.54) is 25.0 Å². The molecular weight excluding hydrogens is 232 g/mol. The van der Waals surface area contributed by atoms with Crippen LogP contribution in [0.4, 0.5) is 17.1 Å². The summed E-state index contributed by atoms with van der Waals surface area (Å²) in [6.45, 7) is 1.95. The number of hydrogen-bond donors (Lipinski definition) is 2. The van der Waals surface area contributed by atoms with E-state index in [4.69, 9.17) is 5.73 Å². The first kappa shape index (κ1) is 12.6. The van der Waals surface area contributed by atoms with Crippen molar-refractivity contribution in [3.8, 4) is 0 Å². The monoisotopic (exact) mass is 250 g/mol. The minimum absolute atomic E-state index is 0.0241. The van der Waals surface area contributed by atoms with Crippen molar-refractivity contribution in [1.82, 2.24) is 4.90 Å². The van der Waals surface area contributed by atoms with Gasteiger partial charge in [-0.15, -0.1) is 0 Å². The molecule has 0 bridgehead atoms. The number of nitrogens with two attached hydrogens (primary N) is 1. The molecule has 0 aliphatic carbocycles. The lowest BCUT2D eigenvalue weighted by Crippen LogP contribution is -2.31. The highest BCUT2D eigenvalue weighted by atomic mass is 16.6. The highest BCUT2D eigenvalue weighted by Gasteiger charge is 2.20. The molecule has 1 atom stereocenters. The van der Waals surface area contributed by atoms with E-state index < -0.39 is 4.92 Å². The van der Waals surface area contributed by atoms with E-state index in [-0.39, 0.29) is 5.69 Å². The number of likely N-dealkylation sites (tertiary alicyclic amines) is 1. The van der Waals surface area contributed by atoms with Gasteiger partial charge in [-0.05, 0) is 32.5 Å². The molecule has 0 saturated carbocycles. The van der Waals surface area contributed by atoms with Crippen molar-refractivity contribution in [2.24, 2.45) is 0 Å². The number of likely N-dealkylation sites (N-methyl/N-ethyl adjacent to an activating group) is 1. The summed E-state index contributed by atoms with van der Waals surface area (Å²) in [5, 5.41) is 13.9. The smallest absolute Gasteiger partial charge is 0.271 e. The van der Waals surface area contributed by atoms with E-state index in [9.17, 15) is 10.1 Å². The summed E-state index contributed by atoms with van der Waals surface area (Å²) >= 11 is 0. The van der Waals surface area contributed by atoms with Crippen LogP contribution in [0, 0.1) is 10.1 Å². The quantitative estimate of drug-likeness (QED) is 0.482. The Kier molecular flexibility index (Phi) is 3.66. The maximum atomic E-state index is 10.6. The predicted octanol–water partition coefficient (Wildman–Crippen LogP) is 1.68. The zero-order valence-electron chi connectivity index (χ0n) is 10.4. The Hall–Kier alpha value is -1.82. The first-order valence-electron chi connectivity index (χ1n) is 6.06. The van der Waals surface area contributed by atoms with Gasteiger partial charge in [-0.1, -0.05) is 0 Å². The topological polar surface area (TPSA) is 84.4 Å². The van der Waals surface area contributed by atoms with E-state index in [2.05, 4.69) is 17.3 Å². The summed E-state index contributed by atoms with van der Waals surface area (Å²) in [7, 11) is 2.11. The fourth-order valence-corrected chi connectivity index (χ4v) is 2.29. The van der Waals surface area contributed by atoms with E-state index >= 15 is 0 Å². The van der Waals surface area contributed by atoms with Gasteiger partial charge in [0.05, 0.1) is 16.3 Å². The van der Waals surface area contributed by atoms with Crippen molar-refractivity contribution in [1.29, 1.82) is 0 Å². The van der Waals surface area contributed by atoms with E-state index in [1.807, 2.05) is 0 Å². The fraction of sp³-hybridized carbons (Fsp3) is 0.500. The summed E-state index contributed by atoms with van der Waals surface area (Å²) in [5.74, 6) is 0. The van der Waals surface area contributed by atoms with Gasteiger partial charge in [-0.2, -0.15) is 0 Å². The SMILES string of the molecule is CN1CCCC1CNc1ccc([N+](=O)[O-])cc1N. The molecule has 3 N–H and O–H groups in total. The van der Waals surface area contributed by atoms with Crippen molar-refractivity contribution < 1.29 is 4.92 Å². The second kappa shape index (κ2) is 5.22. The van der Waals surface area contributed by atoms with E-state index in [1.54, 1.807) is 6.07 Å². The molecule has 1 saturated heterocycles. The number of nitro groups is 1. The number of nitrogen functional groups attached to an aromatic ring is 1. The molecule has 1 fully saturated rings. The number of nitrogens with zero attached hydrogens (tertiary/aromatic N) is 2. The zero-order valence-corrected chi connectivity index (χ0v) is 10.4. The Morgan fingerprint density at radius 3 is 2.94 bits per heavy atom. The molecule has 18 heavy (non-hydrogen) atoms. The number of non-ortho nitro benzene ring substituents is 1. The van der Waals surface area contributed by atoms with Crippen LogP contribution in [0.2, 0.25) is 0 Å². The molecule has 2 rings (SSSR count). The van der Waals surface area contributed by atoms with Crippen LogP contribution >= 0.6 is 0 Å². The largest absolute Gasteiger partial charge is 0.397 e. The van der Waals surface area contributed by atoms with Gasteiger partial charge < -0.3 is 16.0 Å². The molecule has 1 aromatic carbocycles. The van der Waals surface area contributed by atoms with Crippen LogP contribution < -0.4 is 11.1 Å². The van der Waals surface area contributed by atoms with Gasteiger partial charge in [0.1, 0.15) is 0 Å². The van der Waals surface area contributed by atoms with Gasteiger partial charge in [-0.25, -0.2) is 0 Å². The van der Waals surface area contributed by atoms with Crippen molar-refractivity contribution in [2.45, 2.75) is 18.9 Å². The summed E-state index contributed by atoms with van der Waals surface area (Å²) < 4.78 is 0. The molecule has 98 valence electrons. The van der Waals surface area contributed by atoms with Gasteiger partial charge in [0.2, 0.25) is 0 Å². The third-order valence-corrected chi connectivity index (χ3v) is 3.45. The molecule has 1 heterocycles. The maximum absolute atomic E-state index is 10.6. The molecule has 0 radical (unpaired) electrons.